The first kappa shape index (κ1) is 16.5. The predicted molar refractivity (Wildman–Crippen MR) is 93.2 cm³/mol. The Balaban J connectivity index is 1.66. The summed E-state index contributed by atoms with van der Waals surface area (Å²) in [5.74, 6) is 0.605. The van der Waals surface area contributed by atoms with Crippen molar-refractivity contribution in [2.45, 2.75) is 36.7 Å². The highest BCUT2D eigenvalue weighted by Gasteiger charge is 2.25. The Bertz CT molecular complexity index is 685. The number of benzene rings is 1. The molecule has 0 bridgehead atoms. The topological polar surface area (TPSA) is 59.2 Å². The number of amides is 1. The maximum atomic E-state index is 12.4. The Kier molecular flexibility index (Phi) is 5.38. The summed E-state index contributed by atoms with van der Waals surface area (Å²) in [5, 5.41) is 8.34. The minimum atomic E-state index is -0.222. The molecule has 1 fully saturated rings. The molecule has 7 heteroatoms. The van der Waals surface area contributed by atoms with Crippen molar-refractivity contribution in [3.8, 4) is 11.5 Å². The Morgan fingerprint density at radius 2 is 2.00 bits per heavy atom. The molecule has 0 unspecified atom stereocenters. The van der Waals surface area contributed by atoms with Crippen molar-refractivity contribution in [2.24, 2.45) is 0 Å². The van der Waals surface area contributed by atoms with Crippen molar-refractivity contribution in [2.75, 3.05) is 13.1 Å². The Morgan fingerprint density at radius 1 is 1.26 bits per heavy atom. The number of aromatic nitrogens is 2. The molecule has 122 valence electrons. The standard InChI is InChI=1S/C16H18BrN3O2S/c1-11(15(21)20-9-5-2-6-10-20)23-16-19-18-14(22-16)12-7-3-4-8-13(12)17/h3-4,7-8,11H,2,5-6,9-10H2,1H3/t11-/m1/s1. The van der Waals surface area contributed by atoms with Crippen LogP contribution in [0.15, 0.2) is 38.4 Å². The zero-order chi connectivity index (χ0) is 16.2. The first-order valence-electron chi connectivity index (χ1n) is 7.69. The molecule has 1 atom stereocenters. The number of rotatable bonds is 4. The fourth-order valence-electron chi connectivity index (χ4n) is 2.57. The molecule has 1 aliphatic rings. The summed E-state index contributed by atoms with van der Waals surface area (Å²) in [6.07, 6.45) is 3.40. The van der Waals surface area contributed by atoms with Gasteiger partial charge in [0.05, 0.1) is 10.8 Å². The molecule has 5 nitrogen and oxygen atoms in total. The molecular formula is C16H18BrN3O2S. The van der Waals surface area contributed by atoms with Crippen LogP contribution >= 0.6 is 27.7 Å². The minimum Gasteiger partial charge on any atom is -0.411 e. The molecule has 0 radical (unpaired) electrons. The minimum absolute atomic E-state index is 0.148. The van der Waals surface area contributed by atoms with E-state index in [1.54, 1.807) is 0 Å². The Hall–Kier alpha value is -1.34. The molecule has 0 spiro atoms. The lowest BCUT2D eigenvalue weighted by molar-refractivity contribution is -0.131. The van der Waals surface area contributed by atoms with Crippen molar-refractivity contribution >= 4 is 33.6 Å². The van der Waals surface area contributed by atoms with Gasteiger partial charge in [-0.2, -0.15) is 0 Å². The second kappa shape index (κ2) is 7.49. The second-order valence-electron chi connectivity index (χ2n) is 5.50. The number of piperidine rings is 1. The lowest BCUT2D eigenvalue weighted by Gasteiger charge is -2.28. The Morgan fingerprint density at radius 3 is 2.74 bits per heavy atom. The number of thioether (sulfide) groups is 1. The van der Waals surface area contributed by atoms with E-state index in [1.807, 2.05) is 36.1 Å². The summed E-state index contributed by atoms with van der Waals surface area (Å²) in [7, 11) is 0. The van der Waals surface area contributed by atoms with Gasteiger partial charge in [-0.25, -0.2) is 0 Å². The van der Waals surface area contributed by atoms with Gasteiger partial charge in [-0.15, -0.1) is 10.2 Å². The Labute approximate surface area is 148 Å². The van der Waals surface area contributed by atoms with Gasteiger partial charge < -0.3 is 9.32 Å². The van der Waals surface area contributed by atoms with E-state index in [2.05, 4.69) is 26.1 Å². The van der Waals surface area contributed by atoms with Crippen LogP contribution in [0.2, 0.25) is 0 Å². The zero-order valence-electron chi connectivity index (χ0n) is 12.9. The van der Waals surface area contributed by atoms with Crippen LogP contribution in [0.1, 0.15) is 26.2 Å². The van der Waals surface area contributed by atoms with Crippen molar-refractivity contribution < 1.29 is 9.21 Å². The van der Waals surface area contributed by atoms with E-state index in [4.69, 9.17) is 4.42 Å². The van der Waals surface area contributed by atoms with Crippen LogP contribution in [0.5, 0.6) is 0 Å². The van der Waals surface area contributed by atoms with Crippen LogP contribution in [0.3, 0.4) is 0 Å². The first-order chi connectivity index (χ1) is 11.1. The van der Waals surface area contributed by atoms with Crippen LogP contribution in [0, 0.1) is 0 Å². The van der Waals surface area contributed by atoms with Crippen LogP contribution < -0.4 is 0 Å². The summed E-state index contributed by atoms with van der Waals surface area (Å²) >= 11 is 4.79. The number of carbonyl (C=O) groups is 1. The van der Waals surface area contributed by atoms with Gasteiger partial charge in [-0.05, 0) is 54.2 Å². The van der Waals surface area contributed by atoms with Crippen LogP contribution in [-0.4, -0.2) is 39.3 Å². The van der Waals surface area contributed by atoms with Gasteiger partial charge in [0.2, 0.25) is 11.8 Å². The molecule has 3 rings (SSSR count). The highest BCUT2D eigenvalue weighted by atomic mass is 79.9. The van der Waals surface area contributed by atoms with Gasteiger partial charge in [-0.1, -0.05) is 23.9 Å². The molecule has 0 saturated carbocycles. The number of halogens is 1. The highest BCUT2D eigenvalue weighted by molar-refractivity contribution is 9.10. The molecule has 1 aromatic carbocycles. The van der Waals surface area contributed by atoms with Crippen molar-refractivity contribution in [1.29, 1.82) is 0 Å². The predicted octanol–water partition coefficient (Wildman–Crippen LogP) is 3.99. The van der Waals surface area contributed by atoms with Gasteiger partial charge >= 0.3 is 0 Å². The van der Waals surface area contributed by atoms with Crippen LogP contribution in [0.25, 0.3) is 11.5 Å². The lowest BCUT2D eigenvalue weighted by atomic mass is 10.1. The second-order valence-corrected chi connectivity index (χ2v) is 7.65. The number of likely N-dealkylation sites (tertiary alicyclic amines) is 1. The zero-order valence-corrected chi connectivity index (χ0v) is 15.3. The normalized spacial score (nSPS) is 16.3. The largest absolute Gasteiger partial charge is 0.411 e. The smallest absolute Gasteiger partial charge is 0.277 e. The van der Waals surface area contributed by atoms with Gasteiger partial charge in [0.25, 0.3) is 5.22 Å². The van der Waals surface area contributed by atoms with E-state index in [9.17, 15) is 4.79 Å². The van der Waals surface area contributed by atoms with E-state index >= 15 is 0 Å². The summed E-state index contributed by atoms with van der Waals surface area (Å²) in [6.45, 7) is 3.61. The quantitative estimate of drug-likeness (QED) is 0.732. The molecule has 1 saturated heterocycles. The SMILES string of the molecule is C[C@@H](Sc1nnc(-c2ccccc2Br)o1)C(=O)N1CCCCC1. The number of carbonyl (C=O) groups excluding carboxylic acids is 1. The third kappa shape index (κ3) is 3.95. The fourth-order valence-corrected chi connectivity index (χ4v) is 3.80. The summed E-state index contributed by atoms with van der Waals surface area (Å²) in [6, 6.07) is 7.68. The molecule has 0 aliphatic carbocycles. The maximum Gasteiger partial charge on any atom is 0.277 e. The highest BCUT2D eigenvalue weighted by Crippen LogP contribution is 2.30. The average Bonchev–Trinajstić information content (AvgIpc) is 3.03. The number of hydrogen-bond acceptors (Lipinski definition) is 5. The molecule has 1 aliphatic heterocycles. The van der Waals surface area contributed by atoms with Crippen LogP contribution in [0.4, 0.5) is 0 Å². The van der Waals surface area contributed by atoms with Gasteiger partial charge in [0.15, 0.2) is 0 Å². The number of hydrogen-bond donors (Lipinski definition) is 0. The van der Waals surface area contributed by atoms with E-state index in [0.717, 1.165) is 36.0 Å². The molecule has 2 aromatic rings. The van der Waals surface area contributed by atoms with E-state index < -0.39 is 0 Å². The van der Waals surface area contributed by atoms with Crippen molar-refractivity contribution in [1.82, 2.24) is 15.1 Å². The summed E-state index contributed by atoms with van der Waals surface area (Å²) in [5.41, 5.74) is 0.849. The van der Waals surface area contributed by atoms with Gasteiger partial charge in [0.1, 0.15) is 0 Å². The molecule has 23 heavy (non-hydrogen) atoms. The van der Waals surface area contributed by atoms with E-state index in [-0.39, 0.29) is 11.2 Å². The lowest BCUT2D eigenvalue weighted by Crippen LogP contribution is -2.40. The monoisotopic (exact) mass is 395 g/mol. The fraction of sp³-hybridized carbons (Fsp3) is 0.438. The first-order valence-corrected chi connectivity index (χ1v) is 9.36. The summed E-state index contributed by atoms with van der Waals surface area (Å²) in [4.78, 5) is 14.4. The van der Waals surface area contributed by atoms with E-state index in [0.29, 0.717) is 11.1 Å². The van der Waals surface area contributed by atoms with Crippen LogP contribution in [-0.2, 0) is 4.79 Å². The number of nitrogens with zero attached hydrogens (tertiary/aromatic N) is 3. The van der Waals surface area contributed by atoms with Crippen molar-refractivity contribution in [3.63, 3.8) is 0 Å². The van der Waals surface area contributed by atoms with Gasteiger partial charge in [-0.3, -0.25) is 4.79 Å². The molecule has 1 aromatic heterocycles. The maximum absolute atomic E-state index is 12.4. The molecule has 1 amide bonds. The average molecular weight is 396 g/mol. The van der Waals surface area contributed by atoms with Gasteiger partial charge in [0, 0.05) is 17.6 Å². The molecular weight excluding hydrogens is 378 g/mol. The third-order valence-electron chi connectivity index (χ3n) is 3.80. The molecule has 0 N–H and O–H groups in total. The molecule has 2 heterocycles. The third-order valence-corrected chi connectivity index (χ3v) is 5.42. The summed E-state index contributed by atoms with van der Waals surface area (Å²) < 4.78 is 6.60. The van der Waals surface area contributed by atoms with E-state index in [1.165, 1.54) is 18.2 Å². The van der Waals surface area contributed by atoms with Crippen molar-refractivity contribution in [3.05, 3.63) is 28.7 Å².